The Bertz CT molecular complexity index is 3230. The van der Waals surface area contributed by atoms with Crippen molar-refractivity contribution in [1.29, 1.82) is 0 Å². The van der Waals surface area contributed by atoms with E-state index in [1.807, 2.05) is 66.9 Å². The molecular weight excluding hydrogens is 721 g/mol. The van der Waals surface area contributed by atoms with Crippen molar-refractivity contribution >= 4 is 32.6 Å². The van der Waals surface area contributed by atoms with E-state index in [1.165, 1.54) is 5.56 Å². The second-order valence-electron chi connectivity index (χ2n) is 14.5. The molecule has 0 spiro atoms. The zero-order valence-corrected chi connectivity index (χ0v) is 31.8. The summed E-state index contributed by atoms with van der Waals surface area (Å²) in [6.07, 6.45) is 1.82. The minimum atomic E-state index is 0.617. The van der Waals surface area contributed by atoms with Crippen LogP contribution >= 0.6 is 0 Å². The predicted octanol–water partition coefficient (Wildman–Crippen LogP) is 12.9. The number of para-hydroxylation sites is 2. The molecule has 0 saturated heterocycles. The number of nitrogens with zero attached hydrogens (tertiary/aromatic N) is 6. The molecule has 0 aliphatic heterocycles. The van der Waals surface area contributed by atoms with Crippen molar-refractivity contribution in [3.63, 3.8) is 0 Å². The highest BCUT2D eigenvalue weighted by Gasteiger charge is 2.22. The van der Waals surface area contributed by atoms with E-state index >= 15 is 0 Å². The number of fused-ring (bicyclic) bond motifs is 3. The van der Waals surface area contributed by atoms with Crippen LogP contribution in [0.1, 0.15) is 0 Å². The Kier molecular flexibility index (Phi) is 8.37. The molecule has 6 heteroatoms. The van der Waals surface area contributed by atoms with Crippen molar-refractivity contribution in [3.8, 4) is 73.6 Å². The minimum Gasteiger partial charge on any atom is -0.290 e. The van der Waals surface area contributed by atoms with Gasteiger partial charge in [0.15, 0.2) is 23.3 Å². The van der Waals surface area contributed by atoms with Crippen molar-refractivity contribution in [1.82, 2.24) is 29.5 Å². The van der Waals surface area contributed by atoms with Crippen molar-refractivity contribution < 1.29 is 0 Å². The third kappa shape index (κ3) is 6.11. The lowest BCUT2D eigenvalue weighted by molar-refractivity contribution is 1.07. The maximum Gasteiger partial charge on any atom is 0.164 e. The predicted molar refractivity (Wildman–Crippen MR) is 240 cm³/mol. The second-order valence-corrected chi connectivity index (χ2v) is 14.5. The van der Waals surface area contributed by atoms with Gasteiger partial charge in [0, 0.05) is 33.7 Å². The molecule has 0 aliphatic carbocycles. The number of imidazole rings is 1. The van der Waals surface area contributed by atoms with Gasteiger partial charge in [-0.3, -0.25) is 9.55 Å². The first-order valence-electron chi connectivity index (χ1n) is 19.7. The summed E-state index contributed by atoms with van der Waals surface area (Å²) in [5, 5.41) is 4.54. The Balaban J connectivity index is 1.06. The summed E-state index contributed by atoms with van der Waals surface area (Å²) in [6.45, 7) is 0. The first-order chi connectivity index (χ1) is 29.3. The summed E-state index contributed by atoms with van der Waals surface area (Å²) in [5.41, 5.74) is 11.2. The van der Waals surface area contributed by atoms with E-state index < -0.39 is 0 Å². The van der Waals surface area contributed by atoms with Crippen LogP contribution in [0.2, 0.25) is 0 Å². The fourth-order valence-corrected chi connectivity index (χ4v) is 8.16. The molecule has 3 aromatic heterocycles. The largest absolute Gasteiger partial charge is 0.290 e. The van der Waals surface area contributed by atoms with Crippen LogP contribution in [-0.2, 0) is 0 Å². The van der Waals surface area contributed by atoms with Crippen molar-refractivity contribution in [2.75, 3.05) is 0 Å². The molecule has 0 aliphatic rings. The van der Waals surface area contributed by atoms with Crippen LogP contribution in [0.5, 0.6) is 0 Å². The average molecular weight is 755 g/mol. The average Bonchev–Trinajstić information content (AvgIpc) is 3.71. The van der Waals surface area contributed by atoms with Crippen LogP contribution in [-0.4, -0.2) is 29.5 Å². The normalized spacial score (nSPS) is 11.4. The van der Waals surface area contributed by atoms with Gasteiger partial charge in [0.1, 0.15) is 5.69 Å². The van der Waals surface area contributed by atoms with Gasteiger partial charge in [-0.05, 0) is 57.3 Å². The molecule has 8 aromatic carbocycles. The highest BCUT2D eigenvalue weighted by Crippen LogP contribution is 2.43. The molecule has 3 heterocycles. The van der Waals surface area contributed by atoms with Gasteiger partial charge < -0.3 is 0 Å². The minimum absolute atomic E-state index is 0.617. The number of pyridine rings is 1. The lowest BCUT2D eigenvalue weighted by Gasteiger charge is -2.20. The molecule has 11 aromatic rings. The van der Waals surface area contributed by atoms with Crippen molar-refractivity contribution in [2.45, 2.75) is 0 Å². The monoisotopic (exact) mass is 754 g/mol. The van der Waals surface area contributed by atoms with Crippen molar-refractivity contribution in [3.05, 3.63) is 206 Å². The highest BCUT2D eigenvalue weighted by molar-refractivity contribution is 6.19. The van der Waals surface area contributed by atoms with Crippen LogP contribution in [0.25, 0.3) is 106 Å². The number of benzene rings is 8. The van der Waals surface area contributed by atoms with Gasteiger partial charge in [-0.15, -0.1) is 0 Å². The molecular formula is C53H34N6. The van der Waals surface area contributed by atoms with Gasteiger partial charge in [0.2, 0.25) is 0 Å². The summed E-state index contributed by atoms with van der Waals surface area (Å²) in [5.74, 6) is 2.68. The van der Waals surface area contributed by atoms with Crippen LogP contribution in [0.3, 0.4) is 0 Å². The van der Waals surface area contributed by atoms with E-state index in [-0.39, 0.29) is 0 Å². The second kappa shape index (κ2) is 14.4. The summed E-state index contributed by atoms with van der Waals surface area (Å²) in [6, 6.07) is 69.2. The molecule has 0 unspecified atom stereocenters. The van der Waals surface area contributed by atoms with Crippen LogP contribution in [0, 0.1) is 0 Å². The van der Waals surface area contributed by atoms with E-state index in [1.54, 1.807) is 0 Å². The Hall–Kier alpha value is -8.09. The maximum atomic E-state index is 5.14. The van der Waals surface area contributed by atoms with Gasteiger partial charge >= 0.3 is 0 Å². The standard InChI is InChI=1S/C53H34N6/c1-3-15-35(16-4-1)36-26-30-39(31-27-36)51-56-50(38-17-5-2-6-18-38)57-52(58-51)40-32-28-37(29-33-40)48-41-19-7-9-21-43(41)49(44-22-10-8-20-42(44)48)59-47-25-12-11-23-45(47)55-53(59)46-24-13-14-34-54-46/h1-34H. The fourth-order valence-electron chi connectivity index (χ4n) is 8.16. The molecule has 276 valence electrons. The van der Waals surface area contributed by atoms with Gasteiger partial charge in [-0.2, -0.15) is 0 Å². The zero-order valence-electron chi connectivity index (χ0n) is 31.8. The lowest BCUT2D eigenvalue weighted by Crippen LogP contribution is -2.02. The smallest absolute Gasteiger partial charge is 0.164 e. The Morgan fingerprint density at radius 1 is 0.322 bits per heavy atom. The quantitative estimate of drug-likeness (QED) is 0.152. The molecule has 0 saturated carbocycles. The molecule has 0 bridgehead atoms. The molecule has 6 nitrogen and oxygen atoms in total. The summed E-state index contributed by atoms with van der Waals surface area (Å²) >= 11 is 0. The van der Waals surface area contributed by atoms with Gasteiger partial charge in [0.25, 0.3) is 0 Å². The fraction of sp³-hybridized carbons (Fsp3) is 0. The molecule has 59 heavy (non-hydrogen) atoms. The maximum absolute atomic E-state index is 5.14. The molecule has 0 N–H and O–H groups in total. The van der Waals surface area contributed by atoms with Crippen LogP contribution in [0.15, 0.2) is 206 Å². The van der Waals surface area contributed by atoms with Gasteiger partial charge in [0.05, 0.1) is 16.7 Å². The molecule has 0 amide bonds. The summed E-state index contributed by atoms with van der Waals surface area (Å²) in [4.78, 5) is 25.0. The number of hydrogen-bond donors (Lipinski definition) is 0. The van der Waals surface area contributed by atoms with E-state index in [2.05, 4.69) is 144 Å². The first kappa shape index (κ1) is 34.2. The van der Waals surface area contributed by atoms with E-state index in [9.17, 15) is 0 Å². The summed E-state index contributed by atoms with van der Waals surface area (Å²) < 4.78 is 2.28. The Morgan fingerprint density at radius 3 is 1.34 bits per heavy atom. The Labute approximate surface area is 340 Å². The van der Waals surface area contributed by atoms with E-state index in [0.29, 0.717) is 17.5 Å². The van der Waals surface area contributed by atoms with E-state index in [4.69, 9.17) is 24.9 Å². The first-order valence-corrected chi connectivity index (χ1v) is 19.7. The summed E-state index contributed by atoms with van der Waals surface area (Å²) in [7, 11) is 0. The number of aromatic nitrogens is 6. The highest BCUT2D eigenvalue weighted by atomic mass is 15.1. The lowest BCUT2D eigenvalue weighted by atomic mass is 9.90. The SMILES string of the molecule is c1ccc(-c2ccc(-c3nc(-c4ccccc4)nc(-c4ccc(-c5c6ccccc6c(-n6c(-c7ccccn7)nc7ccccc76)c6ccccc56)cc4)n3)cc2)cc1. The number of rotatable bonds is 7. The third-order valence-corrected chi connectivity index (χ3v) is 10.9. The number of hydrogen-bond acceptors (Lipinski definition) is 5. The topological polar surface area (TPSA) is 69.4 Å². The third-order valence-electron chi connectivity index (χ3n) is 10.9. The van der Waals surface area contributed by atoms with Crippen LogP contribution in [0.4, 0.5) is 0 Å². The Morgan fingerprint density at radius 2 is 0.763 bits per heavy atom. The molecule has 0 fully saturated rings. The molecule has 0 atom stereocenters. The van der Waals surface area contributed by atoms with Crippen molar-refractivity contribution in [2.24, 2.45) is 0 Å². The van der Waals surface area contributed by atoms with Gasteiger partial charge in [-0.1, -0.05) is 176 Å². The van der Waals surface area contributed by atoms with Crippen LogP contribution < -0.4 is 0 Å². The molecule has 0 radical (unpaired) electrons. The van der Waals surface area contributed by atoms with Gasteiger partial charge in [-0.25, -0.2) is 19.9 Å². The van der Waals surface area contributed by atoms with E-state index in [0.717, 1.165) is 83.2 Å². The zero-order chi connectivity index (χ0) is 39.1. The molecule has 11 rings (SSSR count).